The standard InChI is InChI=1S/C11H7Cl2NO/c12-9-3-1-8(10(13)7-9)2-4-11-14-5-6-15-11/h1-7H. The van der Waals surface area contributed by atoms with Crippen molar-refractivity contribution in [3.63, 3.8) is 0 Å². The largest absolute Gasteiger partial charge is 0.445 e. The fourth-order valence-corrected chi connectivity index (χ4v) is 1.59. The Bertz CT molecular complexity index is 477. The number of rotatable bonds is 2. The van der Waals surface area contributed by atoms with Crippen LogP contribution in [0.4, 0.5) is 0 Å². The third-order valence-electron chi connectivity index (χ3n) is 1.82. The van der Waals surface area contributed by atoms with Gasteiger partial charge in [-0.25, -0.2) is 4.98 Å². The molecule has 0 bridgehead atoms. The molecule has 0 amide bonds. The molecule has 0 atom stereocenters. The molecule has 0 saturated carbocycles. The SMILES string of the molecule is Clc1ccc(C=Cc2ncco2)c(Cl)c1. The second-order valence-corrected chi connectivity index (χ2v) is 3.71. The van der Waals surface area contributed by atoms with E-state index in [0.29, 0.717) is 15.9 Å². The van der Waals surface area contributed by atoms with E-state index in [4.69, 9.17) is 27.6 Å². The maximum Gasteiger partial charge on any atom is 0.218 e. The molecule has 0 spiro atoms. The zero-order valence-electron chi connectivity index (χ0n) is 7.65. The van der Waals surface area contributed by atoms with Gasteiger partial charge in [-0.1, -0.05) is 29.3 Å². The molecule has 76 valence electrons. The zero-order chi connectivity index (χ0) is 10.7. The number of hydrogen-bond acceptors (Lipinski definition) is 2. The summed E-state index contributed by atoms with van der Waals surface area (Å²) in [6.07, 6.45) is 6.67. The van der Waals surface area contributed by atoms with Crippen LogP contribution >= 0.6 is 23.2 Å². The van der Waals surface area contributed by atoms with Crippen molar-refractivity contribution in [2.24, 2.45) is 0 Å². The molecule has 0 aliphatic heterocycles. The quantitative estimate of drug-likeness (QED) is 0.787. The first-order chi connectivity index (χ1) is 7.25. The summed E-state index contributed by atoms with van der Waals surface area (Å²) in [5.41, 5.74) is 0.874. The Morgan fingerprint density at radius 1 is 1.20 bits per heavy atom. The number of aromatic nitrogens is 1. The predicted octanol–water partition coefficient (Wildman–Crippen LogP) is 4.15. The van der Waals surface area contributed by atoms with Crippen LogP contribution in [0, 0.1) is 0 Å². The van der Waals surface area contributed by atoms with Crippen LogP contribution in [0.25, 0.3) is 12.2 Å². The molecule has 2 nitrogen and oxygen atoms in total. The molecule has 2 rings (SSSR count). The van der Waals surface area contributed by atoms with E-state index >= 15 is 0 Å². The summed E-state index contributed by atoms with van der Waals surface area (Å²) >= 11 is 11.8. The van der Waals surface area contributed by atoms with Crippen LogP contribution < -0.4 is 0 Å². The Labute approximate surface area is 97.1 Å². The molecule has 0 unspecified atom stereocenters. The van der Waals surface area contributed by atoms with Crippen LogP contribution in [0.2, 0.25) is 10.0 Å². The summed E-state index contributed by atoms with van der Waals surface area (Å²) in [5, 5.41) is 1.22. The van der Waals surface area contributed by atoms with Gasteiger partial charge < -0.3 is 4.42 Å². The van der Waals surface area contributed by atoms with Crippen LogP contribution in [-0.2, 0) is 0 Å². The molecule has 1 aromatic carbocycles. The molecular formula is C11H7Cl2NO. The summed E-state index contributed by atoms with van der Waals surface area (Å²) < 4.78 is 5.05. The van der Waals surface area contributed by atoms with Crippen LogP contribution in [0.1, 0.15) is 11.5 Å². The average molecular weight is 240 g/mol. The van der Waals surface area contributed by atoms with E-state index in [9.17, 15) is 0 Å². The summed E-state index contributed by atoms with van der Waals surface area (Å²) in [7, 11) is 0. The number of oxazole rings is 1. The molecule has 0 saturated heterocycles. The van der Waals surface area contributed by atoms with Gasteiger partial charge in [-0.05, 0) is 23.8 Å². The lowest BCUT2D eigenvalue weighted by atomic mass is 10.2. The van der Waals surface area contributed by atoms with E-state index in [1.807, 2.05) is 12.1 Å². The normalized spacial score (nSPS) is 11.1. The van der Waals surface area contributed by atoms with Crippen molar-refractivity contribution in [3.8, 4) is 0 Å². The predicted molar refractivity (Wildman–Crippen MR) is 61.9 cm³/mol. The van der Waals surface area contributed by atoms with Crippen LogP contribution in [0.3, 0.4) is 0 Å². The van der Waals surface area contributed by atoms with Gasteiger partial charge in [0.2, 0.25) is 5.89 Å². The lowest BCUT2D eigenvalue weighted by Crippen LogP contribution is -1.75. The highest BCUT2D eigenvalue weighted by atomic mass is 35.5. The van der Waals surface area contributed by atoms with Gasteiger partial charge in [0.15, 0.2) is 0 Å². The van der Waals surface area contributed by atoms with E-state index < -0.39 is 0 Å². The first-order valence-corrected chi connectivity index (χ1v) is 5.04. The van der Waals surface area contributed by atoms with Gasteiger partial charge in [0, 0.05) is 16.1 Å². The Kier molecular flexibility index (Phi) is 3.09. The molecule has 1 heterocycles. The summed E-state index contributed by atoms with van der Waals surface area (Å²) in [5.74, 6) is 0.543. The monoisotopic (exact) mass is 239 g/mol. The fraction of sp³-hybridized carbons (Fsp3) is 0. The zero-order valence-corrected chi connectivity index (χ0v) is 9.16. The Morgan fingerprint density at radius 3 is 2.73 bits per heavy atom. The van der Waals surface area contributed by atoms with Gasteiger partial charge in [0.05, 0.1) is 6.20 Å². The Morgan fingerprint density at radius 2 is 2.07 bits per heavy atom. The first-order valence-electron chi connectivity index (χ1n) is 4.28. The fourth-order valence-electron chi connectivity index (χ4n) is 1.11. The topological polar surface area (TPSA) is 26.0 Å². The van der Waals surface area contributed by atoms with Gasteiger partial charge in [-0.15, -0.1) is 0 Å². The van der Waals surface area contributed by atoms with Crippen LogP contribution in [-0.4, -0.2) is 4.98 Å². The highest BCUT2D eigenvalue weighted by molar-refractivity contribution is 6.35. The van der Waals surface area contributed by atoms with Gasteiger partial charge in [0.1, 0.15) is 6.26 Å². The van der Waals surface area contributed by atoms with Gasteiger partial charge in [-0.3, -0.25) is 0 Å². The van der Waals surface area contributed by atoms with Crippen molar-refractivity contribution in [3.05, 3.63) is 52.2 Å². The number of hydrogen-bond donors (Lipinski definition) is 0. The molecule has 0 aliphatic rings. The van der Waals surface area contributed by atoms with Crippen molar-refractivity contribution < 1.29 is 4.42 Å². The smallest absolute Gasteiger partial charge is 0.218 e. The van der Waals surface area contributed by atoms with Crippen molar-refractivity contribution in [1.82, 2.24) is 4.98 Å². The van der Waals surface area contributed by atoms with Gasteiger partial charge in [-0.2, -0.15) is 0 Å². The van der Waals surface area contributed by atoms with Gasteiger partial charge in [0.25, 0.3) is 0 Å². The molecule has 0 radical (unpaired) electrons. The highest BCUT2D eigenvalue weighted by Gasteiger charge is 1.97. The molecular weight excluding hydrogens is 233 g/mol. The van der Waals surface area contributed by atoms with E-state index in [2.05, 4.69) is 4.98 Å². The summed E-state index contributed by atoms with van der Waals surface area (Å²) in [4.78, 5) is 3.96. The van der Waals surface area contributed by atoms with E-state index in [-0.39, 0.29) is 0 Å². The van der Waals surface area contributed by atoms with E-state index in [0.717, 1.165) is 5.56 Å². The third-order valence-corrected chi connectivity index (χ3v) is 2.38. The Balaban J connectivity index is 2.24. The lowest BCUT2D eigenvalue weighted by Gasteiger charge is -1.97. The molecule has 0 aliphatic carbocycles. The molecule has 15 heavy (non-hydrogen) atoms. The van der Waals surface area contributed by atoms with Crippen molar-refractivity contribution in [2.75, 3.05) is 0 Å². The minimum Gasteiger partial charge on any atom is -0.445 e. The number of nitrogens with zero attached hydrogens (tertiary/aromatic N) is 1. The van der Waals surface area contributed by atoms with E-state index in [1.165, 1.54) is 6.26 Å². The molecule has 4 heteroatoms. The summed E-state index contributed by atoms with van der Waals surface area (Å²) in [6, 6.07) is 5.31. The number of benzene rings is 1. The maximum atomic E-state index is 5.98. The second kappa shape index (κ2) is 4.51. The Hall–Kier alpha value is -1.25. The molecule has 0 N–H and O–H groups in total. The summed E-state index contributed by atoms with van der Waals surface area (Å²) in [6.45, 7) is 0. The third kappa shape index (κ3) is 2.61. The minimum atomic E-state index is 0.543. The van der Waals surface area contributed by atoms with Gasteiger partial charge >= 0.3 is 0 Å². The van der Waals surface area contributed by atoms with Crippen molar-refractivity contribution in [2.45, 2.75) is 0 Å². The lowest BCUT2D eigenvalue weighted by molar-refractivity contribution is 0.547. The average Bonchev–Trinajstić information content (AvgIpc) is 2.69. The molecule has 1 aromatic heterocycles. The van der Waals surface area contributed by atoms with Crippen LogP contribution in [0.15, 0.2) is 35.1 Å². The van der Waals surface area contributed by atoms with Crippen LogP contribution in [0.5, 0.6) is 0 Å². The minimum absolute atomic E-state index is 0.543. The van der Waals surface area contributed by atoms with Crippen molar-refractivity contribution >= 4 is 35.4 Å². The highest BCUT2D eigenvalue weighted by Crippen LogP contribution is 2.22. The molecule has 0 fully saturated rings. The van der Waals surface area contributed by atoms with Crippen molar-refractivity contribution in [1.29, 1.82) is 0 Å². The molecule has 2 aromatic rings. The van der Waals surface area contributed by atoms with E-state index in [1.54, 1.807) is 24.4 Å². The maximum absolute atomic E-state index is 5.98. The second-order valence-electron chi connectivity index (χ2n) is 2.87. The number of halogens is 2. The first kappa shape index (κ1) is 10.3.